The Labute approximate surface area is 188 Å². The van der Waals surface area contributed by atoms with Crippen LogP contribution in [-0.4, -0.2) is 53.9 Å². The topological polar surface area (TPSA) is 59.1 Å². The highest BCUT2D eigenvalue weighted by molar-refractivity contribution is 8.27. The van der Waals surface area contributed by atoms with Crippen molar-refractivity contribution in [1.82, 2.24) is 4.90 Å². The van der Waals surface area contributed by atoms with E-state index >= 15 is 0 Å². The Morgan fingerprint density at radius 3 is 2.61 bits per heavy atom. The predicted molar refractivity (Wildman–Crippen MR) is 121 cm³/mol. The number of hydrogen-bond acceptors (Lipinski definition) is 6. The Hall–Kier alpha value is -2.75. The number of benzene rings is 2. The van der Waals surface area contributed by atoms with Crippen LogP contribution in [0.5, 0.6) is 5.75 Å². The van der Waals surface area contributed by atoms with Crippen LogP contribution in [0.1, 0.15) is 5.56 Å². The number of ether oxygens (including phenoxy) is 2. The molecular weight excluding hydrogens is 439 g/mol. The zero-order chi connectivity index (χ0) is 21.8. The number of halogens is 1. The molecule has 2 amide bonds. The molecule has 6 nitrogen and oxygen atoms in total. The molecule has 2 aromatic carbocycles. The molecular formula is C22H19FN2O4S2. The molecule has 0 radical (unpaired) electrons. The van der Waals surface area contributed by atoms with Gasteiger partial charge in [-0.1, -0.05) is 42.2 Å². The molecule has 0 aromatic heterocycles. The maximum Gasteiger partial charge on any atom is 0.270 e. The van der Waals surface area contributed by atoms with Crippen molar-refractivity contribution in [3.05, 3.63) is 64.8 Å². The van der Waals surface area contributed by atoms with E-state index in [1.54, 1.807) is 29.2 Å². The van der Waals surface area contributed by atoms with Gasteiger partial charge in [0.25, 0.3) is 11.8 Å². The van der Waals surface area contributed by atoms with Gasteiger partial charge in [-0.25, -0.2) is 4.39 Å². The zero-order valence-corrected chi connectivity index (χ0v) is 18.1. The monoisotopic (exact) mass is 458 g/mol. The van der Waals surface area contributed by atoms with Gasteiger partial charge in [0.15, 0.2) is 10.9 Å². The summed E-state index contributed by atoms with van der Waals surface area (Å²) in [7, 11) is 0. The largest absolute Gasteiger partial charge is 0.483 e. The van der Waals surface area contributed by atoms with Gasteiger partial charge in [-0.15, -0.1) is 0 Å². The summed E-state index contributed by atoms with van der Waals surface area (Å²) >= 11 is 6.52. The molecule has 4 rings (SSSR count). The lowest BCUT2D eigenvalue weighted by Crippen LogP contribution is -2.43. The van der Waals surface area contributed by atoms with E-state index in [4.69, 9.17) is 21.7 Å². The summed E-state index contributed by atoms with van der Waals surface area (Å²) in [5, 5.41) is 0. The summed E-state index contributed by atoms with van der Waals surface area (Å²) in [6.45, 7) is 2.06. The van der Waals surface area contributed by atoms with Gasteiger partial charge in [-0.05, 0) is 36.4 Å². The Balaban J connectivity index is 1.50. The van der Waals surface area contributed by atoms with Gasteiger partial charge in [0.2, 0.25) is 0 Å². The Bertz CT molecular complexity index is 1040. The molecule has 2 fully saturated rings. The highest BCUT2D eigenvalue weighted by atomic mass is 32.2. The van der Waals surface area contributed by atoms with Crippen molar-refractivity contribution < 1.29 is 23.5 Å². The van der Waals surface area contributed by atoms with E-state index in [1.165, 1.54) is 29.2 Å². The number of thioether (sulfide) groups is 1. The summed E-state index contributed by atoms with van der Waals surface area (Å²) in [5.41, 5.74) is 1.17. The highest BCUT2D eigenvalue weighted by Gasteiger charge is 2.33. The van der Waals surface area contributed by atoms with Crippen LogP contribution in [0.4, 0.5) is 10.1 Å². The maximum atomic E-state index is 13.2. The van der Waals surface area contributed by atoms with Gasteiger partial charge < -0.3 is 14.4 Å². The van der Waals surface area contributed by atoms with Crippen LogP contribution >= 0.6 is 24.0 Å². The van der Waals surface area contributed by atoms with Crippen LogP contribution in [-0.2, 0) is 14.3 Å². The molecule has 160 valence electrons. The van der Waals surface area contributed by atoms with Gasteiger partial charge in [0.1, 0.15) is 11.6 Å². The lowest BCUT2D eigenvalue weighted by molar-refractivity contribution is -0.137. The molecule has 0 saturated carbocycles. The van der Waals surface area contributed by atoms with E-state index in [0.717, 1.165) is 11.8 Å². The van der Waals surface area contributed by atoms with Crippen molar-refractivity contribution in [2.45, 2.75) is 0 Å². The van der Waals surface area contributed by atoms with Crippen molar-refractivity contribution in [3.8, 4) is 5.75 Å². The number of carbonyl (C=O) groups excluding carboxylic acids is 2. The smallest absolute Gasteiger partial charge is 0.270 e. The Morgan fingerprint density at radius 2 is 1.87 bits per heavy atom. The molecule has 2 heterocycles. The Kier molecular flexibility index (Phi) is 6.64. The molecule has 0 atom stereocenters. The molecule has 0 spiro atoms. The molecule has 0 unspecified atom stereocenters. The molecule has 31 heavy (non-hydrogen) atoms. The number of rotatable bonds is 5. The normalized spacial score (nSPS) is 18.0. The number of hydrogen-bond donors (Lipinski definition) is 0. The summed E-state index contributed by atoms with van der Waals surface area (Å²) < 4.78 is 24.6. The molecule has 0 N–H and O–H groups in total. The van der Waals surface area contributed by atoms with E-state index in [0.29, 0.717) is 52.5 Å². The highest BCUT2D eigenvalue weighted by Crippen LogP contribution is 2.37. The fraction of sp³-hybridized carbons (Fsp3) is 0.227. The van der Waals surface area contributed by atoms with Gasteiger partial charge in [0, 0.05) is 18.7 Å². The molecule has 2 aromatic rings. The minimum Gasteiger partial charge on any atom is -0.483 e. The van der Waals surface area contributed by atoms with Crippen LogP contribution in [0.2, 0.25) is 0 Å². The number of morpholine rings is 1. The van der Waals surface area contributed by atoms with Crippen LogP contribution < -0.4 is 9.64 Å². The van der Waals surface area contributed by atoms with Crippen molar-refractivity contribution in [3.63, 3.8) is 0 Å². The predicted octanol–water partition coefficient (Wildman–Crippen LogP) is 3.47. The maximum absolute atomic E-state index is 13.2. The van der Waals surface area contributed by atoms with Crippen LogP contribution in [0.3, 0.4) is 0 Å². The first-order chi connectivity index (χ1) is 15.0. The standard InChI is InChI=1S/C22H19FN2O4S2/c23-16-5-7-17(8-6-16)25-21(27)19(31-22(25)30)13-15-3-1-2-4-18(15)29-14-20(26)24-9-11-28-12-10-24/h1-8,13H,9-12,14H2/b19-13-. The van der Waals surface area contributed by atoms with Crippen LogP contribution in [0.15, 0.2) is 53.4 Å². The second-order valence-electron chi connectivity index (χ2n) is 6.81. The third kappa shape index (κ3) is 4.95. The number of carbonyl (C=O) groups is 2. The lowest BCUT2D eigenvalue weighted by Gasteiger charge is -2.26. The van der Waals surface area contributed by atoms with Crippen molar-refractivity contribution in [1.29, 1.82) is 0 Å². The Morgan fingerprint density at radius 1 is 1.16 bits per heavy atom. The number of para-hydroxylation sites is 1. The fourth-order valence-electron chi connectivity index (χ4n) is 3.20. The lowest BCUT2D eigenvalue weighted by atomic mass is 10.2. The fourth-order valence-corrected chi connectivity index (χ4v) is 4.49. The van der Waals surface area contributed by atoms with Gasteiger partial charge in [-0.3, -0.25) is 14.5 Å². The average Bonchev–Trinajstić information content (AvgIpc) is 3.07. The van der Waals surface area contributed by atoms with Crippen molar-refractivity contribution in [2.75, 3.05) is 37.8 Å². The van der Waals surface area contributed by atoms with E-state index in [1.807, 2.05) is 6.07 Å². The van der Waals surface area contributed by atoms with E-state index in [-0.39, 0.29) is 24.2 Å². The summed E-state index contributed by atoms with van der Waals surface area (Å²) in [5.74, 6) is -0.292. The molecule has 2 aliphatic rings. The molecule has 9 heteroatoms. The van der Waals surface area contributed by atoms with Gasteiger partial charge in [-0.2, -0.15) is 0 Å². The third-order valence-electron chi connectivity index (χ3n) is 4.80. The summed E-state index contributed by atoms with van der Waals surface area (Å²) in [6, 6.07) is 12.8. The summed E-state index contributed by atoms with van der Waals surface area (Å²) in [6.07, 6.45) is 1.69. The molecule has 2 saturated heterocycles. The minimum atomic E-state index is -0.387. The van der Waals surface area contributed by atoms with Crippen LogP contribution in [0, 0.1) is 5.82 Å². The first-order valence-corrected chi connectivity index (χ1v) is 10.9. The van der Waals surface area contributed by atoms with Gasteiger partial charge >= 0.3 is 0 Å². The second kappa shape index (κ2) is 9.59. The second-order valence-corrected chi connectivity index (χ2v) is 8.49. The molecule has 2 aliphatic heterocycles. The van der Waals surface area contributed by atoms with E-state index < -0.39 is 0 Å². The quantitative estimate of drug-likeness (QED) is 0.505. The first-order valence-electron chi connectivity index (χ1n) is 9.64. The van der Waals surface area contributed by atoms with E-state index in [9.17, 15) is 14.0 Å². The van der Waals surface area contributed by atoms with Gasteiger partial charge in [0.05, 0.1) is 23.8 Å². The average molecular weight is 459 g/mol. The molecule has 0 bridgehead atoms. The molecule has 0 aliphatic carbocycles. The SMILES string of the molecule is O=C(COc1ccccc1/C=C1\SC(=S)N(c2ccc(F)cc2)C1=O)N1CCOCC1. The van der Waals surface area contributed by atoms with Crippen molar-refractivity contribution >= 4 is 51.9 Å². The minimum absolute atomic E-state index is 0.0958. The van der Waals surface area contributed by atoms with E-state index in [2.05, 4.69) is 0 Å². The third-order valence-corrected chi connectivity index (χ3v) is 6.10. The summed E-state index contributed by atoms with van der Waals surface area (Å²) in [4.78, 5) is 28.8. The number of thiocarbonyl (C=S) groups is 1. The number of amides is 2. The first kappa shape index (κ1) is 21.5. The van der Waals surface area contributed by atoms with Crippen LogP contribution in [0.25, 0.3) is 6.08 Å². The number of nitrogens with zero attached hydrogens (tertiary/aromatic N) is 2. The van der Waals surface area contributed by atoms with Crippen molar-refractivity contribution in [2.24, 2.45) is 0 Å². The zero-order valence-electron chi connectivity index (χ0n) is 16.5. The number of anilines is 1.